The second kappa shape index (κ2) is 5.21. The highest BCUT2D eigenvalue weighted by atomic mass is 16.2. The molecule has 0 fully saturated rings. The van der Waals surface area contributed by atoms with Crippen molar-refractivity contribution < 1.29 is 9.59 Å². The fraction of sp³-hybridized carbons (Fsp3) is 0.429. The highest BCUT2D eigenvalue weighted by Gasteiger charge is 2.18. The van der Waals surface area contributed by atoms with Gasteiger partial charge in [0.1, 0.15) is 0 Å². The Labute approximate surface area is 108 Å². The molecule has 0 heterocycles. The molecule has 98 valence electrons. The van der Waals surface area contributed by atoms with Crippen molar-refractivity contribution in [1.82, 2.24) is 5.32 Å². The van der Waals surface area contributed by atoms with E-state index in [4.69, 9.17) is 5.73 Å². The van der Waals surface area contributed by atoms with Crippen LogP contribution < -0.4 is 11.1 Å². The Morgan fingerprint density at radius 2 is 1.28 bits per heavy atom. The molecule has 0 saturated carbocycles. The van der Waals surface area contributed by atoms with Gasteiger partial charge in [-0.2, -0.15) is 0 Å². The molecule has 3 N–H and O–H groups in total. The summed E-state index contributed by atoms with van der Waals surface area (Å²) in [5.41, 5.74) is 11.0. The van der Waals surface area contributed by atoms with E-state index in [1.54, 1.807) is 0 Å². The molecule has 4 heteroatoms. The molecule has 0 aliphatic rings. The van der Waals surface area contributed by atoms with E-state index in [9.17, 15) is 9.59 Å². The van der Waals surface area contributed by atoms with Gasteiger partial charge in [-0.25, -0.2) is 0 Å². The van der Waals surface area contributed by atoms with Crippen LogP contribution >= 0.6 is 0 Å². The second-order valence-electron chi connectivity index (χ2n) is 4.65. The molecular formula is C14H20N2O2. The van der Waals surface area contributed by atoms with Gasteiger partial charge in [0.2, 0.25) is 5.91 Å². The minimum atomic E-state index is -0.542. The van der Waals surface area contributed by atoms with Gasteiger partial charge in [0.15, 0.2) is 0 Å². The molecular weight excluding hydrogens is 228 g/mol. The molecule has 1 aromatic rings. The van der Waals surface area contributed by atoms with E-state index < -0.39 is 5.91 Å². The number of nitrogens with one attached hydrogen (secondary N) is 1. The van der Waals surface area contributed by atoms with Gasteiger partial charge < -0.3 is 11.1 Å². The Morgan fingerprint density at radius 3 is 1.67 bits per heavy atom. The number of hydrogen-bond donors (Lipinski definition) is 2. The van der Waals surface area contributed by atoms with Crippen molar-refractivity contribution in [3.63, 3.8) is 0 Å². The lowest BCUT2D eigenvalue weighted by Gasteiger charge is -2.17. The van der Waals surface area contributed by atoms with Crippen LogP contribution in [0.5, 0.6) is 0 Å². The molecule has 1 aromatic carbocycles. The first-order chi connectivity index (χ1) is 8.27. The third kappa shape index (κ3) is 2.53. The third-order valence-corrected chi connectivity index (χ3v) is 3.65. The van der Waals surface area contributed by atoms with Crippen LogP contribution in [0.3, 0.4) is 0 Å². The van der Waals surface area contributed by atoms with Gasteiger partial charge in [0.05, 0.1) is 6.54 Å². The highest BCUT2D eigenvalue weighted by Crippen LogP contribution is 2.25. The number of carbonyl (C=O) groups excluding carboxylic acids is 2. The van der Waals surface area contributed by atoms with Crippen LogP contribution in [0.25, 0.3) is 0 Å². The van der Waals surface area contributed by atoms with Crippen LogP contribution in [0.15, 0.2) is 0 Å². The Hall–Kier alpha value is -1.84. The van der Waals surface area contributed by atoms with Crippen LogP contribution in [0.1, 0.15) is 38.2 Å². The second-order valence-corrected chi connectivity index (χ2v) is 4.65. The summed E-state index contributed by atoms with van der Waals surface area (Å²) in [5.74, 6) is -0.783. The number of primary amides is 1. The van der Waals surface area contributed by atoms with Gasteiger partial charge in [-0.15, -0.1) is 0 Å². The van der Waals surface area contributed by atoms with Crippen LogP contribution in [0.2, 0.25) is 0 Å². The maximum atomic E-state index is 12.1. The van der Waals surface area contributed by atoms with Crippen LogP contribution in [-0.2, 0) is 4.79 Å². The van der Waals surface area contributed by atoms with E-state index in [1.165, 1.54) is 5.56 Å². The third-order valence-electron chi connectivity index (χ3n) is 3.65. The number of benzene rings is 1. The molecule has 0 aromatic heterocycles. The van der Waals surface area contributed by atoms with Gasteiger partial charge in [-0.3, -0.25) is 9.59 Å². The molecule has 18 heavy (non-hydrogen) atoms. The zero-order valence-electron chi connectivity index (χ0n) is 11.6. The SMILES string of the molecule is Cc1c(C)c(C)c(C(=O)NCC(N)=O)c(C)c1C. The van der Waals surface area contributed by atoms with Crippen molar-refractivity contribution in [2.75, 3.05) is 6.54 Å². The van der Waals surface area contributed by atoms with E-state index in [-0.39, 0.29) is 12.5 Å². The average Bonchev–Trinajstić information content (AvgIpc) is 2.31. The van der Waals surface area contributed by atoms with Crippen molar-refractivity contribution >= 4 is 11.8 Å². The van der Waals surface area contributed by atoms with Gasteiger partial charge in [-0.05, 0) is 62.4 Å². The molecule has 0 atom stereocenters. The van der Waals surface area contributed by atoms with Crippen LogP contribution in [0, 0.1) is 34.6 Å². The number of nitrogens with two attached hydrogens (primary N) is 1. The summed E-state index contributed by atoms with van der Waals surface area (Å²) in [6.45, 7) is 9.77. The highest BCUT2D eigenvalue weighted by molar-refractivity contribution is 5.99. The molecule has 4 nitrogen and oxygen atoms in total. The maximum absolute atomic E-state index is 12.1. The molecule has 0 aliphatic carbocycles. The lowest BCUT2D eigenvalue weighted by atomic mass is 9.89. The molecule has 0 aliphatic heterocycles. The smallest absolute Gasteiger partial charge is 0.252 e. The van der Waals surface area contributed by atoms with Gasteiger partial charge in [-0.1, -0.05) is 0 Å². The summed E-state index contributed by atoms with van der Waals surface area (Å²) in [5, 5.41) is 2.54. The fourth-order valence-electron chi connectivity index (χ4n) is 2.10. The van der Waals surface area contributed by atoms with Crippen LogP contribution in [0.4, 0.5) is 0 Å². The zero-order valence-corrected chi connectivity index (χ0v) is 11.6. The van der Waals surface area contributed by atoms with Crippen molar-refractivity contribution in [2.45, 2.75) is 34.6 Å². The van der Waals surface area contributed by atoms with E-state index in [1.807, 2.05) is 27.7 Å². The predicted molar refractivity (Wildman–Crippen MR) is 71.7 cm³/mol. The topological polar surface area (TPSA) is 72.2 Å². The first-order valence-electron chi connectivity index (χ1n) is 5.90. The Bertz CT molecular complexity index is 490. The number of rotatable bonds is 3. The van der Waals surface area contributed by atoms with Gasteiger partial charge >= 0.3 is 0 Å². The number of amides is 2. The van der Waals surface area contributed by atoms with Gasteiger partial charge in [0.25, 0.3) is 5.91 Å². The molecule has 1 rings (SSSR count). The van der Waals surface area contributed by atoms with E-state index in [2.05, 4.69) is 12.2 Å². The molecule has 0 spiro atoms. The lowest BCUT2D eigenvalue weighted by molar-refractivity contribution is -0.117. The molecule has 0 bridgehead atoms. The quantitative estimate of drug-likeness (QED) is 0.849. The van der Waals surface area contributed by atoms with Crippen LogP contribution in [-0.4, -0.2) is 18.4 Å². The fourth-order valence-corrected chi connectivity index (χ4v) is 2.10. The van der Waals surface area contributed by atoms with Crippen molar-refractivity contribution in [3.05, 3.63) is 33.4 Å². The monoisotopic (exact) mass is 248 g/mol. The maximum Gasteiger partial charge on any atom is 0.252 e. The molecule has 0 unspecified atom stereocenters. The largest absolute Gasteiger partial charge is 0.368 e. The van der Waals surface area contributed by atoms with E-state index >= 15 is 0 Å². The summed E-state index contributed by atoms with van der Waals surface area (Å²) in [4.78, 5) is 22.8. The molecule has 0 radical (unpaired) electrons. The Balaban J connectivity index is 3.24. The summed E-state index contributed by atoms with van der Waals surface area (Å²) in [6.07, 6.45) is 0. The minimum Gasteiger partial charge on any atom is -0.368 e. The lowest BCUT2D eigenvalue weighted by Crippen LogP contribution is -2.34. The standard InChI is InChI=1S/C14H20N2O2/c1-7-8(2)10(4)13(11(5)9(7)3)14(18)16-6-12(15)17/h6H2,1-5H3,(H2,15,17)(H,16,18). The predicted octanol–water partition coefficient (Wildman–Crippen LogP) is 1.44. The summed E-state index contributed by atoms with van der Waals surface area (Å²) in [6, 6.07) is 0. The first kappa shape index (κ1) is 14.2. The Kier molecular flexibility index (Phi) is 4.11. The summed E-state index contributed by atoms with van der Waals surface area (Å²) < 4.78 is 0. The number of hydrogen-bond acceptors (Lipinski definition) is 2. The van der Waals surface area contributed by atoms with Gasteiger partial charge in [0, 0.05) is 5.56 Å². The minimum absolute atomic E-state index is 0.135. The summed E-state index contributed by atoms with van der Waals surface area (Å²) >= 11 is 0. The van der Waals surface area contributed by atoms with Crippen molar-refractivity contribution in [3.8, 4) is 0 Å². The normalized spacial score (nSPS) is 10.3. The number of carbonyl (C=O) groups is 2. The molecule has 0 saturated heterocycles. The Morgan fingerprint density at radius 1 is 0.889 bits per heavy atom. The summed E-state index contributed by atoms with van der Waals surface area (Å²) in [7, 11) is 0. The zero-order chi connectivity index (χ0) is 14.0. The molecule has 2 amide bonds. The average molecular weight is 248 g/mol. The van der Waals surface area contributed by atoms with E-state index in [0.29, 0.717) is 5.56 Å². The first-order valence-corrected chi connectivity index (χ1v) is 5.90. The van der Waals surface area contributed by atoms with Crippen molar-refractivity contribution in [1.29, 1.82) is 0 Å². The van der Waals surface area contributed by atoms with Crippen molar-refractivity contribution in [2.24, 2.45) is 5.73 Å². The van der Waals surface area contributed by atoms with E-state index in [0.717, 1.165) is 22.3 Å².